The van der Waals surface area contributed by atoms with Crippen LogP contribution in [0.15, 0.2) is 59.8 Å². The van der Waals surface area contributed by atoms with Gasteiger partial charge < -0.3 is 9.64 Å². The van der Waals surface area contributed by atoms with Gasteiger partial charge in [-0.1, -0.05) is 47.5 Å². The molecule has 2 aromatic rings. The molecule has 0 N–H and O–H groups in total. The van der Waals surface area contributed by atoms with Gasteiger partial charge in [-0.2, -0.15) is 0 Å². The summed E-state index contributed by atoms with van der Waals surface area (Å²) < 4.78 is 5.69. The van der Waals surface area contributed by atoms with Crippen LogP contribution in [0.25, 0.3) is 0 Å². The third-order valence-corrected chi connectivity index (χ3v) is 5.39. The predicted octanol–water partition coefficient (Wildman–Crippen LogP) is 6.13. The molecule has 30 heavy (non-hydrogen) atoms. The molecule has 0 saturated carbocycles. The highest BCUT2D eigenvalue weighted by molar-refractivity contribution is 6.30. The molecule has 0 spiro atoms. The molecular weight excluding hydrogens is 421 g/mol. The summed E-state index contributed by atoms with van der Waals surface area (Å²) in [6, 6.07) is 14.6. The van der Waals surface area contributed by atoms with Crippen LogP contribution in [0.1, 0.15) is 51.2 Å². The molecule has 0 saturated heterocycles. The summed E-state index contributed by atoms with van der Waals surface area (Å²) in [4.78, 5) is 27.9. The molecule has 0 bridgehead atoms. The van der Waals surface area contributed by atoms with Gasteiger partial charge in [0.1, 0.15) is 5.60 Å². The number of allylic oxidation sites excluding steroid dienone is 1. The summed E-state index contributed by atoms with van der Waals surface area (Å²) in [6.45, 7) is 7.60. The minimum Gasteiger partial charge on any atom is -0.457 e. The highest BCUT2D eigenvalue weighted by Crippen LogP contribution is 2.39. The van der Waals surface area contributed by atoms with Crippen molar-refractivity contribution in [2.45, 2.75) is 52.2 Å². The maximum atomic E-state index is 13.2. The van der Waals surface area contributed by atoms with Crippen molar-refractivity contribution < 1.29 is 14.3 Å². The second-order valence-corrected chi connectivity index (χ2v) is 9.30. The molecular formula is C24H25Cl2NO3. The van der Waals surface area contributed by atoms with Gasteiger partial charge in [-0.15, -0.1) is 0 Å². The molecule has 0 aliphatic carbocycles. The normalized spacial score (nSPS) is 17.3. The van der Waals surface area contributed by atoms with Crippen LogP contribution in [0.2, 0.25) is 10.0 Å². The molecule has 1 aliphatic rings. The molecule has 158 valence electrons. The summed E-state index contributed by atoms with van der Waals surface area (Å²) in [5, 5.41) is 1.16. The van der Waals surface area contributed by atoms with Crippen molar-refractivity contribution >= 4 is 35.1 Å². The Morgan fingerprint density at radius 1 is 1.10 bits per heavy atom. The van der Waals surface area contributed by atoms with Crippen LogP contribution in [0.4, 0.5) is 0 Å². The molecule has 0 radical (unpaired) electrons. The minimum atomic E-state index is -0.650. The number of esters is 1. The van der Waals surface area contributed by atoms with Gasteiger partial charge in [0.25, 0.3) is 0 Å². The Balaban J connectivity index is 2.06. The number of carbonyl (C=O) groups is 2. The zero-order valence-electron chi connectivity index (χ0n) is 17.5. The summed E-state index contributed by atoms with van der Waals surface area (Å²) in [7, 11) is 0. The van der Waals surface area contributed by atoms with Crippen molar-refractivity contribution in [3.8, 4) is 0 Å². The molecule has 2 aromatic carbocycles. The van der Waals surface area contributed by atoms with E-state index < -0.39 is 17.5 Å². The average molecular weight is 446 g/mol. The third kappa shape index (κ3) is 5.24. The second-order valence-electron chi connectivity index (χ2n) is 8.42. The Morgan fingerprint density at radius 2 is 1.73 bits per heavy atom. The fraction of sp³-hybridized carbons (Fsp3) is 0.333. The number of carbonyl (C=O) groups excluding carboxylic acids is 2. The highest BCUT2D eigenvalue weighted by Gasteiger charge is 2.38. The molecule has 0 fully saturated rings. The molecule has 4 nitrogen and oxygen atoms in total. The molecule has 1 atom stereocenters. The Bertz CT molecular complexity index is 1010. The first-order chi connectivity index (χ1) is 14.0. The van der Waals surface area contributed by atoms with E-state index in [1.165, 1.54) is 0 Å². The molecule has 1 amide bonds. The number of amides is 1. The van der Waals surface area contributed by atoms with Crippen molar-refractivity contribution in [1.29, 1.82) is 0 Å². The van der Waals surface area contributed by atoms with Crippen LogP contribution < -0.4 is 0 Å². The van der Waals surface area contributed by atoms with Crippen molar-refractivity contribution in [2.24, 2.45) is 0 Å². The van der Waals surface area contributed by atoms with Gasteiger partial charge in [0.15, 0.2) is 0 Å². The van der Waals surface area contributed by atoms with Crippen LogP contribution in [0.3, 0.4) is 0 Å². The first kappa shape index (κ1) is 22.4. The number of hydrogen-bond donors (Lipinski definition) is 0. The van der Waals surface area contributed by atoms with E-state index in [9.17, 15) is 9.59 Å². The van der Waals surface area contributed by atoms with E-state index in [0.717, 1.165) is 11.1 Å². The Labute approximate surface area is 187 Å². The van der Waals surface area contributed by atoms with Crippen LogP contribution in [-0.4, -0.2) is 22.4 Å². The van der Waals surface area contributed by atoms with Crippen molar-refractivity contribution in [2.75, 3.05) is 0 Å². The maximum Gasteiger partial charge on any atom is 0.336 e. The lowest BCUT2D eigenvalue weighted by Crippen LogP contribution is -2.39. The third-order valence-electron chi connectivity index (χ3n) is 4.92. The standard InChI is InChI=1S/C24H25Cl2NO3/c1-15-22(23(29)30-24(2,3)4)20(17-8-6-10-19(26)12-17)13-21(28)27(15)14-16-7-5-9-18(25)11-16/h5-12,20H,13-14H2,1-4H3/t20-/m1/s1. The maximum absolute atomic E-state index is 13.2. The summed E-state index contributed by atoms with van der Waals surface area (Å²) in [5.74, 6) is -0.903. The van der Waals surface area contributed by atoms with E-state index in [2.05, 4.69) is 0 Å². The molecule has 6 heteroatoms. The van der Waals surface area contributed by atoms with Gasteiger partial charge in [-0.3, -0.25) is 4.79 Å². The molecule has 3 rings (SSSR count). The van der Waals surface area contributed by atoms with Crippen LogP contribution in [0.5, 0.6) is 0 Å². The highest BCUT2D eigenvalue weighted by atomic mass is 35.5. The number of hydrogen-bond acceptors (Lipinski definition) is 3. The van der Waals surface area contributed by atoms with Gasteiger partial charge in [-0.05, 0) is 63.1 Å². The lowest BCUT2D eigenvalue weighted by atomic mass is 9.83. The fourth-order valence-corrected chi connectivity index (χ4v) is 4.04. The van der Waals surface area contributed by atoms with Gasteiger partial charge in [0, 0.05) is 28.1 Å². The van der Waals surface area contributed by atoms with Crippen molar-refractivity contribution in [3.63, 3.8) is 0 Å². The zero-order chi connectivity index (χ0) is 22.1. The van der Waals surface area contributed by atoms with E-state index in [-0.39, 0.29) is 12.3 Å². The fourth-order valence-electron chi connectivity index (χ4n) is 3.63. The molecule has 0 aromatic heterocycles. The molecule has 0 unspecified atom stereocenters. The summed E-state index contributed by atoms with van der Waals surface area (Å²) in [5.41, 5.74) is 2.13. The lowest BCUT2D eigenvalue weighted by molar-refractivity contribution is -0.150. The number of benzene rings is 2. The van der Waals surface area contributed by atoms with E-state index in [0.29, 0.717) is 27.9 Å². The van der Waals surface area contributed by atoms with Crippen LogP contribution in [-0.2, 0) is 20.9 Å². The zero-order valence-corrected chi connectivity index (χ0v) is 19.1. The number of ether oxygens (including phenoxy) is 1. The van der Waals surface area contributed by atoms with Gasteiger partial charge in [0.05, 0.1) is 12.1 Å². The first-order valence-corrected chi connectivity index (χ1v) is 10.5. The Kier molecular flexibility index (Phi) is 6.59. The van der Waals surface area contributed by atoms with Gasteiger partial charge in [-0.25, -0.2) is 4.79 Å². The van der Waals surface area contributed by atoms with Crippen LogP contribution in [0, 0.1) is 0 Å². The van der Waals surface area contributed by atoms with E-state index >= 15 is 0 Å². The molecule has 1 aliphatic heterocycles. The van der Waals surface area contributed by atoms with E-state index in [4.69, 9.17) is 27.9 Å². The number of halogens is 2. The average Bonchev–Trinajstić information content (AvgIpc) is 2.63. The van der Waals surface area contributed by atoms with Crippen LogP contribution >= 0.6 is 23.2 Å². The monoisotopic (exact) mass is 445 g/mol. The van der Waals surface area contributed by atoms with Crippen molar-refractivity contribution in [3.05, 3.63) is 81.0 Å². The largest absolute Gasteiger partial charge is 0.457 e. The SMILES string of the molecule is CC1=C(C(=O)OC(C)(C)C)[C@@H](c2cccc(Cl)c2)CC(=O)N1Cc1cccc(Cl)c1. The van der Waals surface area contributed by atoms with Gasteiger partial charge >= 0.3 is 5.97 Å². The Morgan fingerprint density at radius 3 is 2.33 bits per heavy atom. The second kappa shape index (κ2) is 8.83. The topological polar surface area (TPSA) is 46.6 Å². The molecule has 1 heterocycles. The first-order valence-electron chi connectivity index (χ1n) is 9.79. The summed E-state index contributed by atoms with van der Waals surface area (Å²) in [6.07, 6.45) is 0.160. The number of nitrogens with zero attached hydrogens (tertiary/aromatic N) is 1. The van der Waals surface area contributed by atoms with Crippen molar-refractivity contribution in [1.82, 2.24) is 4.90 Å². The van der Waals surface area contributed by atoms with E-state index in [1.807, 2.05) is 51.1 Å². The minimum absolute atomic E-state index is 0.0650. The predicted molar refractivity (Wildman–Crippen MR) is 119 cm³/mol. The lowest BCUT2D eigenvalue weighted by Gasteiger charge is -2.35. The van der Waals surface area contributed by atoms with Gasteiger partial charge in [0.2, 0.25) is 5.91 Å². The smallest absolute Gasteiger partial charge is 0.336 e. The summed E-state index contributed by atoms with van der Waals surface area (Å²) >= 11 is 12.3. The Hall–Kier alpha value is -2.30. The number of rotatable bonds is 4. The van der Waals surface area contributed by atoms with E-state index in [1.54, 1.807) is 30.0 Å². The quantitative estimate of drug-likeness (QED) is 0.531.